The van der Waals surface area contributed by atoms with Crippen molar-refractivity contribution >= 4 is 56.1 Å². The first-order valence-corrected chi connectivity index (χ1v) is 8.24. The fourth-order valence-corrected chi connectivity index (χ4v) is 2.87. The summed E-state index contributed by atoms with van der Waals surface area (Å²) < 4.78 is 0. The molecule has 0 amide bonds. The second kappa shape index (κ2) is 6.52. The van der Waals surface area contributed by atoms with E-state index in [0.717, 1.165) is 5.56 Å². The topological polar surface area (TPSA) is 75.6 Å². The van der Waals surface area contributed by atoms with Crippen LogP contribution in [-0.4, -0.2) is 20.4 Å². The number of anilines is 2. The minimum absolute atomic E-state index is 0.277. The van der Waals surface area contributed by atoms with Gasteiger partial charge in [-0.2, -0.15) is 0 Å². The van der Waals surface area contributed by atoms with E-state index in [9.17, 15) is 0 Å². The lowest BCUT2D eigenvalue weighted by Gasteiger charge is -2.19. The van der Waals surface area contributed by atoms with Gasteiger partial charge in [-0.3, -0.25) is 0 Å². The lowest BCUT2D eigenvalue weighted by Crippen LogP contribution is -2.19. The molecule has 108 valence electrons. The highest BCUT2D eigenvalue weighted by Gasteiger charge is 2.15. The van der Waals surface area contributed by atoms with Crippen molar-refractivity contribution in [3.05, 3.63) is 44.8 Å². The summed E-state index contributed by atoms with van der Waals surface area (Å²) in [5.74, 6) is 0. The van der Waals surface area contributed by atoms with Crippen LogP contribution in [0.3, 0.4) is 0 Å². The summed E-state index contributed by atoms with van der Waals surface area (Å²) in [6.45, 7) is 0. The third kappa shape index (κ3) is 3.59. The molecule has 21 heavy (non-hydrogen) atoms. The number of rotatable bonds is 5. The zero-order valence-corrected chi connectivity index (χ0v) is 13.5. The number of nitrogens with one attached hydrogen (secondary N) is 2. The van der Waals surface area contributed by atoms with Gasteiger partial charge in [0.05, 0.1) is 10.0 Å². The van der Waals surface area contributed by atoms with E-state index in [1.165, 1.54) is 22.7 Å². The Kier molecular flexibility index (Phi) is 4.49. The molecule has 2 aromatic heterocycles. The summed E-state index contributed by atoms with van der Waals surface area (Å²) in [5.41, 5.74) is 4.20. The molecule has 0 aliphatic carbocycles. The normalized spacial score (nSPS) is 10.8. The Morgan fingerprint density at radius 3 is 2.00 bits per heavy atom. The third-order valence-electron chi connectivity index (χ3n) is 2.53. The van der Waals surface area contributed by atoms with Gasteiger partial charge in [0.1, 0.15) is 17.2 Å². The van der Waals surface area contributed by atoms with E-state index in [0.29, 0.717) is 20.3 Å². The van der Waals surface area contributed by atoms with Crippen LogP contribution in [0.15, 0.2) is 29.2 Å². The standard InChI is InChI=1S/C11H8Cl2N6S2/c12-7-2-1-6(3-8(7)13)9(16-10-18-14-4-20-10)17-11-19-15-5-21-11/h1-5,9H,(H,16,18)(H,17,19). The molecule has 0 fully saturated rings. The van der Waals surface area contributed by atoms with Gasteiger partial charge in [0.15, 0.2) is 0 Å². The quantitative estimate of drug-likeness (QED) is 0.673. The highest BCUT2D eigenvalue weighted by atomic mass is 35.5. The maximum atomic E-state index is 6.08. The molecule has 1 aromatic carbocycles. The molecule has 0 aliphatic rings. The number of aromatic nitrogens is 4. The van der Waals surface area contributed by atoms with Gasteiger partial charge < -0.3 is 10.6 Å². The summed E-state index contributed by atoms with van der Waals surface area (Å²) >= 11 is 14.8. The predicted octanol–water partition coefficient (Wildman–Crippen LogP) is 3.92. The largest absolute Gasteiger partial charge is 0.336 e. The van der Waals surface area contributed by atoms with Gasteiger partial charge in [-0.15, -0.1) is 20.4 Å². The fourth-order valence-electron chi connectivity index (χ4n) is 1.61. The van der Waals surface area contributed by atoms with Gasteiger partial charge in [-0.1, -0.05) is 51.9 Å². The average molecular weight is 359 g/mol. The summed E-state index contributed by atoms with van der Waals surface area (Å²) in [5, 5.41) is 24.4. The fraction of sp³-hybridized carbons (Fsp3) is 0.0909. The van der Waals surface area contributed by atoms with Gasteiger partial charge >= 0.3 is 0 Å². The van der Waals surface area contributed by atoms with E-state index in [2.05, 4.69) is 31.0 Å². The summed E-state index contributed by atoms with van der Waals surface area (Å²) in [7, 11) is 0. The van der Waals surface area contributed by atoms with Gasteiger partial charge in [0.2, 0.25) is 10.3 Å². The summed E-state index contributed by atoms with van der Waals surface area (Å²) in [6.07, 6.45) is -0.277. The van der Waals surface area contributed by atoms with Gasteiger partial charge in [0, 0.05) is 0 Å². The van der Waals surface area contributed by atoms with Crippen molar-refractivity contribution < 1.29 is 0 Å². The van der Waals surface area contributed by atoms with E-state index >= 15 is 0 Å². The molecule has 0 saturated carbocycles. The zero-order chi connectivity index (χ0) is 14.7. The molecule has 2 N–H and O–H groups in total. The highest BCUT2D eigenvalue weighted by Crippen LogP contribution is 2.29. The predicted molar refractivity (Wildman–Crippen MR) is 86.3 cm³/mol. The molecular formula is C11H8Cl2N6S2. The van der Waals surface area contributed by atoms with Crippen LogP contribution in [0.1, 0.15) is 11.7 Å². The number of hydrogen-bond donors (Lipinski definition) is 2. The minimum atomic E-state index is -0.277. The summed E-state index contributed by atoms with van der Waals surface area (Å²) in [4.78, 5) is 0. The Bertz CT molecular complexity index is 667. The zero-order valence-electron chi connectivity index (χ0n) is 10.3. The smallest absolute Gasteiger partial charge is 0.207 e. The lowest BCUT2D eigenvalue weighted by atomic mass is 10.2. The molecule has 0 radical (unpaired) electrons. The van der Waals surface area contributed by atoms with Gasteiger partial charge in [-0.05, 0) is 17.7 Å². The maximum Gasteiger partial charge on any atom is 0.207 e. The molecule has 3 aromatic rings. The first-order valence-electron chi connectivity index (χ1n) is 5.73. The van der Waals surface area contributed by atoms with E-state index in [4.69, 9.17) is 23.2 Å². The first kappa shape index (κ1) is 14.5. The SMILES string of the molecule is Clc1ccc(C(Nc2nncs2)Nc2nncs2)cc1Cl. The minimum Gasteiger partial charge on any atom is -0.336 e. The second-order valence-electron chi connectivity index (χ2n) is 3.88. The van der Waals surface area contributed by atoms with Crippen LogP contribution < -0.4 is 10.6 Å². The van der Waals surface area contributed by atoms with E-state index in [1.54, 1.807) is 23.2 Å². The number of hydrogen-bond acceptors (Lipinski definition) is 8. The van der Waals surface area contributed by atoms with Crippen molar-refractivity contribution in [1.29, 1.82) is 0 Å². The van der Waals surface area contributed by atoms with E-state index in [-0.39, 0.29) is 6.17 Å². The Labute approximate surface area is 138 Å². The van der Waals surface area contributed by atoms with Crippen molar-refractivity contribution in [2.45, 2.75) is 6.17 Å². The van der Waals surface area contributed by atoms with E-state index < -0.39 is 0 Å². The summed E-state index contributed by atoms with van der Waals surface area (Å²) in [6, 6.07) is 5.41. The van der Waals surface area contributed by atoms with Crippen molar-refractivity contribution in [3.8, 4) is 0 Å². The number of benzene rings is 1. The molecule has 10 heteroatoms. The van der Waals surface area contributed by atoms with Gasteiger partial charge in [-0.25, -0.2) is 0 Å². The third-order valence-corrected chi connectivity index (χ3v) is 4.52. The first-order chi connectivity index (χ1) is 10.2. The Balaban J connectivity index is 1.88. The van der Waals surface area contributed by atoms with Crippen LogP contribution in [0, 0.1) is 0 Å². The Morgan fingerprint density at radius 1 is 0.905 bits per heavy atom. The van der Waals surface area contributed by atoms with Crippen molar-refractivity contribution in [1.82, 2.24) is 20.4 Å². The van der Waals surface area contributed by atoms with Crippen molar-refractivity contribution in [3.63, 3.8) is 0 Å². The molecule has 3 rings (SSSR count). The van der Waals surface area contributed by atoms with Crippen LogP contribution in [-0.2, 0) is 0 Å². The molecule has 0 spiro atoms. The molecule has 0 bridgehead atoms. The van der Waals surface area contributed by atoms with Gasteiger partial charge in [0.25, 0.3) is 0 Å². The van der Waals surface area contributed by atoms with E-state index in [1.807, 2.05) is 6.07 Å². The Hall–Kier alpha value is -1.48. The molecule has 0 aliphatic heterocycles. The second-order valence-corrected chi connectivity index (χ2v) is 6.36. The maximum absolute atomic E-state index is 6.08. The number of nitrogens with zero attached hydrogens (tertiary/aromatic N) is 4. The molecule has 6 nitrogen and oxygen atoms in total. The molecule has 0 unspecified atom stereocenters. The lowest BCUT2D eigenvalue weighted by molar-refractivity contribution is 0.879. The monoisotopic (exact) mass is 358 g/mol. The van der Waals surface area contributed by atoms with Crippen LogP contribution in [0.25, 0.3) is 0 Å². The Morgan fingerprint density at radius 2 is 1.52 bits per heavy atom. The molecule has 0 atom stereocenters. The van der Waals surface area contributed by atoms with Crippen LogP contribution in [0.2, 0.25) is 10.0 Å². The van der Waals surface area contributed by atoms with Crippen molar-refractivity contribution in [2.75, 3.05) is 10.6 Å². The highest BCUT2D eigenvalue weighted by molar-refractivity contribution is 7.13. The van der Waals surface area contributed by atoms with Crippen LogP contribution in [0.5, 0.6) is 0 Å². The molecular weight excluding hydrogens is 351 g/mol. The molecule has 2 heterocycles. The van der Waals surface area contributed by atoms with Crippen molar-refractivity contribution in [2.24, 2.45) is 0 Å². The average Bonchev–Trinajstić information content (AvgIpc) is 3.14. The van der Waals surface area contributed by atoms with Crippen LogP contribution >= 0.6 is 45.9 Å². The number of halogens is 2. The van der Waals surface area contributed by atoms with Crippen LogP contribution in [0.4, 0.5) is 10.3 Å². The molecule has 0 saturated heterocycles.